The first-order valence-corrected chi connectivity index (χ1v) is 9.35. The van der Waals surface area contributed by atoms with Crippen LogP contribution < -0.4 is 9.64 Å². The minimum absolute atomic E-state index is 0.0289. The number of aromatic hydroxyl groups is 1. The number of hydrogen-bond donors (Lipinski definition) is 2. The van der Waals surface area contributed by atoms with Crippen molar-refractivity contribution in [3.8, 4) is 11.5 Å². The van der Waals surface area contributed by atoms with Crippen molar-refractivity contribution in [2.75, 3.05) is 39.0 Å². The molecule has 2 fully saturated rings. The van der Waals surface area contributed by atoms with Gasteiger partial charge in [0, 0.05) is 0 Å². The van der Waals surface area contributed by atoms with E-state index < -0.39 is 0 Å². The van der Waals surface area contributed by atoms with Crippen LogP contribution in [0, 0.1) is 0 Å². The standard InChI is InChI=1S/C17H24N2O3S/c1-22-15-11-13(5-6-14(15)20)17-19(16(21)12-23-17)10-9-18-7-3-2-4-8-18/h5-6,11,17,20H,2-4,7-10,12H2,1H3/p+1/t17-/m0/s1. The highest BCUT2D eigenvalue weighted by atomic mass is 32.2. The fourth-order valence-corrected chi connectivity index (χ4v) is 4.61. The molecule has 23 heavy (non-hydrogen) atoms. The highest BCUT2D eigenvalue weighted by Gasteiger charge is 2.33. The van der Waals surface area contributed by atoms with Gasteiger partial charge in [0.2, 0.25) is 5.91 Å². The molecule has 0 bridgehead atoms. The van der Waals surface area contributed by atoms with Gasteiger partial charge < -0.3 is 19.6 Å². The Kier molecular flexibility index (Phi) is 5.33. The molecule has 2 N–H and O–H groups in total. The average molecular weight is 337 g/mol. The number of carbonyl (C=O) groups is 1. The van der Waals surface area contributed by atoms with Crippen LogP contribution >= 0.6 is 11.8 Å². The maximum Gasteiger partial charge on any atom is 0.234 e. The second-order valence-electron chi connectivity index (χ2n) is 6.24. The smallest absolute Gasteiger partial charge is 0.234 e. The number of amides is 1. The minimum atomic E-state index is 0.0289. The van der Waals surface area contributed by atoms with Crippen molar-refractivity contribution in [1.82, 2.24) is 4.90 Å². The van der Waals surface area contributed by atoms with Crippen LogP contribution in [0.4, 0.5) is 0 Å². The third-order valence-corrected chi connectivity index (χ3v) is 5.98. The number of ether oxygens (including phenoxy) is 1. The summed E-state index contributed by atoms with van der Waals surface area (Å²) in [5, 5.41) is 9.78. The zero-order valence-electron chi connectivity index (χ0n) is 13.6. The number of nitrogens with one attached hydrogen (secondary N) is 1. The number of rotatable bonds is 5. The number of hydrogen-bond acceptors (Lipinski definition) is 4. The molecule has 0 unspecified atom stereocenters. The van der Waals surface area contributed by atoms with Crippen molar-refractivity contribution >= 4 is 17.7 Å². The van der Waals surface area contributed by atoms with Crippen LogP contribution in [-0.2, 0) is 4.79 Å². The number of quaternary nitrogens is 1. The van der Waals surface area contributed by atoms with Gasteiger partial charge in [-0.2, -0.15) is 0 Å². The first-order valence-electron chi connectivity index (χ1n) is 8.30. The Morgan fingerprint density at radius 2 is 2.13 bits per heavy atom. The predicted molar refractivity (Wildman–Crippen MR) is 91.0 cm³/mol. The lowest BCUT2D eigenvalue weighted by molar-refractivity contribution is -0.904. The molecular weight excluding hydrogens is 312 g/mol. The second kappa shape index (κ2) is 7.45. The molecular formula is C17H25N2O3S+. The van der Waals surface area contributed by atoms with E-state index in [-0.39, 0.29) is 17.0 Å². The first-order chi connectivity index (χ1) is 11.2. The Bertz CT molecular complexity index is 561. The molecule has 5 nitrogen and oxygen atoms in total. The van der Waals surface area contributed by atoms with Gasteiger partial charge in [-0.15, -0.1) is 11.8 Å². The van der Waals surface area contributed by atoms with E-state index in [2.05, 4.69) is 0 Å². The van der Waals surface area contributed by atoms with Crippen molar-refractivity contribution in [1.29, 1.82) is 0 Å². The van der Waals surface area contributed by atoms with Gasteiger partial charge in [-0.3, -0.25) is 4.79 Å². The minimum Gasteiger partial charge on any atom is -0.504 e. The zero-order valence-corrected chi connectivity index (χ0v) is 14.4. The van der Waals surface area contributed by atoms with Crippen molar-refractivity contribution in [3.05, 3.63) is 23.8 Å². The third kappa shape index (κ3) is 3.75. The van der Waals surface area contributed by atoms with Crippen molar-refractivity contribution in [2.24, 2.45) is 0 Å². The molecule has 0 aromatic heterocycles. The molecule has 6 heteroatoms. The average Bonchev–Trinajstić information content (AvgIpc) is 2.95. The summed E-state index contributed by atoms with van der Waals surface area (Å²) in [7, 11) is 1.54. The lowest BCUT2D eigenvalue weighted by Crippen LogP contribution is -3.13. The van der Waals surface area contributed by atoms with Gasteiger partial charge in [0.05, 0.1) is 39.0 Å². The van der Waals surface area contributed by atoms with Gasteiger partial charge >= 0.3 is 0 Å². The Labute approximate surface area is 141 Å². The number of likely N-dealkylation sites (tertiary alicyclic amines) is 1. The fraction of sp³-hybridized carbons (Fsp3) is 0.588. The fourth-order valence-electron chi connectivity index (χ4n) is 3.40. The number of phenolic OH excluding ortho intramolecular Hbond substituents is 1. The highest BCUT2D eigenvalue weighted by molar-refractivity contribution is 8.00. The first kappa shape index (κ1) is 16.5. The van der Waals surface area contributed by atoms with Gasteiger partial charge in [0.1, 0.15) is 5.37 Å². The van der Waals surface area contributed by atoms with Crippen LogP contribution in [0.2, 0.25) is 0 Å². The molecule has 0 saturated carbocycles. The van der Waals surface area contributed by atoms with E-state index in [1.54, 1.807) is 29.8 Å². The van der Waals surface area contributed by atoms with E-state index >= 15 is 0 Å². The van der Waals surface area contributed by atoms with Gasteiger partial charge in [-0.25, -0.2) is 0 Å². The molecule has 2 aliphatic rings. The number of benzene rings is 1. The van der Waals surface area contributed by atoms with E-state index in [9.17, 15) is 9.90 Å². The molecule has 2 heterocycles. The van der Waals surface area contributed by atoms with Gasteiger partial charge in [0.25, 0.3) is 0 Å². The zero-order chi connectivity index (χ0) is 16.2. The largest absolute Gasteiger partial charge is 0.504 e. The highest BCUT2D eigenvalue weighted by Crippen LogP contribution is 2.40. The topological polar surface area (TPSA) is 54.2 Å². The van der Waals surface area contributed by atoms with Crippen LogP contribution in [0.1, 0.15) is 30.2 Å². The predicted octanol–water partition coefficient (Wildman–Crippen LogP) is 1.04. The molecule has 0 spiro atoms. The van der Waals surface area contributed by atoms with E-state index in [0.29, 0.717) is 11.5 Å². The summed E-state index contributed by atoms with van der Waals surface area (Å²) in [6.45, 7) is 4.28. The molecule has 3 rings (SSSR count). The summed E-state index contributed by atoms with van der Waals surface area (Å²) in [5.41, 5.74) is 1.02. The SMILES string of the molecule is COc1cc([C@@H]2SCC(=O)N2CC[NH+]2CCCCC2)ccc1O. The lowest BCUT2D eigenvalue weighted by atomic mass is 10.1. The number of phenols is 1. The van der Waals surface area contributed by atoms with Crippen LogP contribution in [0.5, 0.6) is 11.5 Å². The lowest BCUT2D eigenvalue weighted by Gasteiger charge is -2.28. The van der Waals surface area contributed by atoms with E-state index in [0.717, 1.165) is 18.7 Å². The molecule has 1 atom stereocenters. The van der Waals surface area contributed by atoms with E-state index in [1.165, 1.54) is 32.4 Å². The van der Waals surface area contributed by atoms with Gasteiger partial charge in [0.15, 0.2) is 11.5 Å². The number of carbonyl (C=O) groups excluding carboxylic acids is 1. The summed E-state index contributed by atoms with van der Waals surface area (Å²) in [4.78, 5) is 15.9. The number of methoxy groups -OCH3 is 1. The molecule has 2 saturated heterocycles. The molecule has 126 valence electrons. The van der Waals surface area contributed by atoms with Crippen molar-refractivity contribution in [3.63, 3.8) is 0 Å². The Morgan fingerprint density at radius 3 is 2.87 bits per heavy atom. The van der Waals surface area contributed by atoms with Gasteiger partial charge in [-0.1, -0.05) is 6.07 Å². The maximum atomic E-state index is 12.3. The third-order valence-electron chi connectivity index (χ3n) is 4.72. The Hall–Kier alpha value is -1.40. The Balaban J connectivity index is 1.69. The Morgan fingerprint density at radius 1 is 1.35 bits per heavy atom. The maximum absolute atomic E-state index is 12.3. The molecule has 1 amide bonds. The van der Waals surface area contributed by atoms with Gasteiger partial charge in [-0.05, 0) is 37.0 Å². The van der Waals surface area contributed by atoms with Crippen molar-refractivity contribution in [2.45, 2.75) is 24.6 Å². The second-order valence-corrected chi connectivity index (χ2v) is 7.31. The molecule has 0 aliphatic carbocycles. The number of thioether (sulfide) groups is 1. The molecule has 1 aromatic carbocycles. The summed E-state index contributed by atoms with van der Waals surface area (Å²) in [6, 6.07) is 5.37. The van der Waals surface area contributed by atoms with E-state index in [4.69, 9.17) is 4.74 Å². The normalized spacial score (nSPS) is 22.6. The quantitative estimate of drug-likeness (QED) is 0.843. The number of piperidine rings is 1. The monoisotopic (exact) mass is 337 g/mol. The summed E-state index contributed by atoms with van der Waals surface area (Å²) in [6.07, 6.45) is 3.95. The molecule has 0 radical (unpaired) electrons. The van der Waals surface area contributed by atoms with Crippen LogP contribution in [0.15, 0.2) is 18.2 Å². The van der Waals surface area contributed by atoms with Crippen LogP contribution in [0.3, 0.4) is 0 Å². The summed E-state index contributed by atoms with van der Waals surface area (Å²) >= 11 is 1.65. The molecule has 2 aliphatic heterocycles. The number of nitrogens with zero attached hydrogens (tertiary/aromatic N) is 1. The van der Waals surface area contributed by atoms with Crippen LogP contribution in [-0.4, -0.2) is 55.0 Å². The van der Waals surface area contributed by atoms with Crippen LogP contribution in [0.25, 0.3) is 0 Å². The molecule has 1 aromatic rings. The summed E-state index contributed by atoms with van der Waals surface area (Å²) in [5.74, 6) is 1.34. The van der Waals surface area contributed by atoms with Crippen molar-refractivity contribution < 1.29 is 19.5 Å². The van der Waals surface area contributed by atoms with E-state index in [1.807, 2.05) is 17.0 Å². The summed E-state index contributed by atoms with van der Waals surface area (Å²) < 4.78 is 5.20.